The van der Waals surface area contributed by atoms with Crippen molar-refractivity contribution < 1.29 is 23.8 Å². The van der Waals surface area contributed by atoms with E-state index in [9.17, 15) is 9.59 Å². The number of hydrogen-bond donors (Lipinski definition) is 0. The summed E-state index contributed by atoms with van der Waals surface area (Å²) in [6.45, 7) is 5.07. The fraction of sp³-hybridized carbons (Fsp3) is 0.800. The predicted octanol–water partition coefficient (Wildman–Crippen LogP) is 0.864. The van der Waals surface area contributed by atoms with Crippen LogP contribution in [-0.2, 0) is 23.8 Å². The van der Waals surface area contributed by atoms with Gasteiger partial charge in [0.1, 0.15) is 0 Å². The van der Waals surface area contributed by atoms with Gasteiger partial charge in [0.2, 0.25) is 6.29 Å². The minimum Gasteiger partial charge on any atom is -0.456 e. The van der Waals surface area contributed by atoms with Crippen LogP contribution in [0.2, 0.25) is 0 Å². The molecule has 5 heteroatoms. The molecule has 0 aromatic rings. The van der Waals surface area contributed by atoms with Crippen LogP contribution in [-0.4, -0.2) is 30.9 Å². The van der Waals surface area contributed by atoms with Crippen molar-refractivity contribution >= 4 is 11.9 Å². The second-order valence-electron chi connectivity index (χ2n) is 3.69. The second-order valence-corrected chi connectivity index (χ2v) is 3.69. The molecule has 0 spiro atoms. The van der Waals surface area contributed by atoms with Gasteiger partial charge in [-0.2, -0.15) is 0 Å². The maximum Gasteiger partial charge on any atom is 0.305 e. The Morgan fingerprint density at radius 1 is 1.20 bits per heavy atom. The summed E-state index contributed by atoms with van der Waals surface area (Å²) >= 11 is 0. The highest BCUT2D eigenvalue weighted by Crippen LogP contribution is 2.24. The summed E-state index contributed by atoms with van der Waals surface area (Å²) < 4.78 is 15.3. The number of rotatable bonds is 2. The first-order chi connectivity index (χ1) is 7.00. The average Bonchev–Trinajstić information content (AvgIpc) is 2.09. The van der Waals surface area contributed by atoms with Gasteiger partial charge in [-0.1, -0.05) is 6.92 Å². The van der Waals surface area contributed by atoms with Gasteiger partial charge in [-0.3, -0.25) is 9.59 Å². The van der Waals surface area contributed by atoms with E-state index in [4.69, 9.17) is 14.2 Å². The van der Waals surface area contributed by atoms with E-state index in [0.717, 1.165) is 6.42 Å². The van der Waals surface area contributed by atoms with Crippen LogP contribution in [0.3, 0.4) is 0 Å². The molecule has 0 amide bonds. The fourth-order valence-corrected chi connectivity index (χ4v) is 1.53. The van der Waals surface area contributed by atoms with E-state index >= 15 is 0 Å². The third-order valence-electron chi connectivity index (χ3n) is 2.27. The summed E-state index contributed by atoms with van der Waals surface area (Å²) in [6.07, 6.45) is -0.481. The van der Waals surface area contributed by atoms with Gasteiger partial charge in [-0.25, -0.2) is 0 Å². The third kappa shape index (κ3) is 3.51. The van der Waals surface area contributed by atoms with Crippen LogP contribution >= 0.6 is 0 Å². The average molecular weight is 216 g/mol. The molecule has 0 aliphatic carbocycles. The van der Waals surface area contributed by atoms with Gasteiger partial charge >= 0.3 is 11.9 Å². The largest absolute Gasteiger partial charge is 0.456 e. The minimum absolute atomic E-state index is 0.131. The molecule has 1 saturated heterocycles. The van der Waals surface area contributed by atoms with E-state index in [1.807, 2.05) is 6.92 Å². The lowest BCUT2D eigenvalue weighted by atomic mass is 9.98. The van der Waals surface area contributed by atoms with Crippen molar-refractivity contribution in [3.8, 4) is 0 Å². The lowest BCUT2D eigenvalue weighted by molar-refractivity contribution is -0.234. The molecule has 0 saturated carbocycles. The van der Waals surface area contributed by atoms with E-state index in [2.05, 4.69) is 0 Å². The van der Waals surface area contributed by atoms with E-state index in [1.54, 1.807) is 0 Å². The Labute approximate surface area is 88.7 Å². The van der Waals surface area contributed by atoms with Gasteiger partial charge in [0.15, 0.2) is 6.10 Å². The maximum absolute atomic E-state index is 10.9. The van der Waals surface area contributed by atoms with Gasteiger partial charge in [0, 0.05) is 19.8 Å². The van der Waals surface area contributed by atoms with Crippen LogP contribution in [0, 0.1) is 5.92 Å². The van der Waals surface area contributed by atoms with E-state index in [0.29, 0.717) is 6.61 Å². The molecule has 0 aromatic heterocycles. The molecule has 1 aliphatic rings. The molecular formula is C10H16O5. The van der Waals surface area contributed by atoms with Gasteiger partial charge in [-0.05, 0) is 6.42 Å². The zero-order valence-corrected chi connectivity index (χ0v) is 9.19. The highest BCUT2D eigenvalue weighted by atomic mass is 16.7. The molecule has 3 unspecified atom stereocenters. The highest BCUT2D eigenvalue weighted by Gasteiger charge is 2.36. The molecule has 1 aliphatic heterocycles. The number of carbonyl (C=O) groups excluding carboxylic acids is 2. The van der Waals surface area contributed by atoms with Crippen LogP contribution in [0.15, 0.2) is 0 Å². The maximum atomic E-state index is 10.9. The molecule has 0 bridgehead atoms. The first-order valence-corrected chi connectivity index (χ1v) is 4.96. The van der Waals surface area contributed by atoms with Crippen molar-refractivity contribution in [1.29, 1.82) is 0 Å². The highest BCUT2D eigenvalue weighted by molar-refractivity contribution is 5.67. The van der Waals surface area contributed by atoms with Gasteiger partial charge in [0.25, 0.3) is 0 Å². The molecule has 1 heterocycles. The molecule has 0 N–H and O–H groups in total. The Morgan fingerprint density at radius 2 is 1.80 bits per heavy atom. The number of ether oxygens (including phenoxy) is 3. The number of esters is 2. The molecule has 0 radical (unpaired) electrons. The van der Waals surface area contributed by atoms with Crippen molar-refractivity contribution in [2.24, 2.45) is 5.92 Å². The smallest absolute Gasteiger partial charge is 0.305 e. The third-order valence-corrected chi connectivity index (χ3v) is 2.27. The molecule has 15 heavy (non-hydrogen) atoms. The summed E-state index contributed by atoms with van der Waals surface area (Å²) in [5.74, 6) is -0.701. The predicted molar refractivity (Wildman–Crippen MR) is 50.8 cm³/mol. The molecular weight excluding hydrogens is 200 g/mol. The van der Waals surface area contributed by atoms with E-state index in [-0.39, 0.29) is 5.92 Å². The van der Waals surface area contributed by atoms with E-state index in [1.165, 1.54) is 13.8 Å². The second kappa shape index (κ2) is 5.11. The molecule has 1 fully saturated rings. The topological polar surface area (TPSA) is 61.8 Å². The van der Waals surface area contributed by atoms with Crippen LogP contribution < -0.4 is 0 Å². The Balaban J connectivity index is 2.63. The van der Waals surface area contributed by atoms with Crippen LogP contribution in [0.5, 0.6) is 0 Å². The first-order valence-electron chi connectivity index (χ1n) is 4.96. The first kappa shape index (κ1) is 12.0. The normalized spacial score (nSPS) is 30.7. The van der Waals surface area contributed by atoms with Crippen molar-refractivity contribution in [3.05, 3.63) is 0 Å². The standard InChI is InChI=1S/C10H16O5/c1-6-4-5-13-10(15-8(3)12)9(6)14-7(2)11/h6,9-10H,4-5H2,1-3H3. The minimum atomic E-state index is -0.768. The summed E-state index contributed by atoms with van der Waals surface area (Å²) in [5.41, 5.74) is 0. The Bertz CT molecular complexity index is 250. The lowest BCUT2D eigenvalue weighted by Crippen LogP contribution is -2.45. The Morgan fingerprint density at radius 3 is 2.33 bits per heavy atom. The van der Waals surface area contributed by atoms with Gasteiger partial charge in [0.05, 0.1) is 6.61 Å². The Kier molecular flexibility index (Phi) is 4.08. The van der Waals surface area contributed by atoms with Crippen LogP contribution in [0.1, 0.15) is 27.2 Å². The number of hydrogen-bond acceptors (Lipinski definition) is 5. The van der Waals surface area contributed by atoms with Crippen LogP contribution in [0.25, 0.3) is 0 Å². The molecule has 3 atom stereocenters. The summed E-state index contributed by atoms with van der Waals surface area (Å²) in [5, 5.41) is 0. The monoisotopic (exact) mass is 216 g/mol. The van der Waals surface area contributed by atoms with Crippen molar-refractivity contribution in [2.45, 2.75) is 39.6 Å². The SMILES string of the molecule is CC(=O)OC1OCCC(C)C1OC(C)=O. The fourth-order valence-electron chi connectivity index (χ4n) is 1.53. The van der Waals surface area contributed by atoms with Gasteiger partial charge in [-0.15, -0.1) is 0 Å². The zero-order chi connectivity index (χ0) is 11.4. The van der Waals surface area contributed by atoms with Crippen molar-refractivity contribution in [3.63, 3.8) is 0 Å². The molecule has 86 valence electrons. The van der Waals surface area contributed by atoms with Crippen molar-refractivity contribution in [2.75, 3.05) is 6.61 Å². The van der Waals surface area contributed by atoms with E-state index < -0.39 is 24.3 Å². The summed E-state index contributed by atoms with van der Waals surface area (Å²) in [7, 11) is 0. The summed E-state index contributed by atoms with van der Waals surface area (Å²) in [6, 6.07) is 0. The van der Waals surface area contributed by atoms with Crippen molar-refractivity contribution in [1.82, 2.24) is 0 Å². The van der Waals surface area contributed by atoms with Crippen LogP contribution in [0.4, 0.5) is 0 Å². The lowest BCUT2D eigenvalue weighted by Gasteiger charge is -2.34. The van der Waals surface area contributed by atoms with Gasteiger partial charge < -0.3 is 14.2 Å². The quantitative estimate of drug-likeness (QED) is 0.641. The zero-order valence-electron chi connectivity index (χ0n) is 9.19. The number of carbonyl (C=O) groups is 2. The molecule has 5 nitrogen and oxygen atoms in total. The molecule has 0 aromatic carbocycles. The molecule has 1 rings (SSSR count). The Hall–Kier alpha value is -1.10. The summed E-state index contributed by atoms with van der Waals surface area (Å²) in [4.78, 5) is 21.7.